The van der Waals surface area contributed by atoms with Crippen molar-refractivity contribution in [3.8, 4) is 11.6 Å². The third-order valence-electron chi connectivity index (χ3n) is 3.20. The molecule has 2 aromatic heterocycles. The molecule has 126 valence electrons. The van der Waals surface area contributed by atoms with Crippen LogP contribution in [0.25, 0.3) is 5.82 Å². The number of amides is 1. The zero-order valence-electron chi connectivity index (χ0n) is 13.3. The number of nitrogens with one attached hydrogen (secondary N) is 1. The molecule has 0 unspecified atom stereocenters. The quantitative estimate of drug-likeness (QED) is 0.674. The van der Waals surface area contributed by atoms with E-state index in [1.165, 1.54) is 30.6 Å². The van der Waals surface area contributed by atoms with E-state index in [0.717, 1.165) is 0 Å². The Morgan fingerprint density at radius 2 is 1.96 bits per heavy atom. The minimum atomic E-state index is -0.376. The summed E-state index contributed by atoms with van der Waals surface area (Å²) in [5.41, 5.74) is 0.582. The maximum atomic E-state index is 12.0. The maximum Gasteiger partial charge on any atom is 0.263 e. The van der Waals surface area contributed by atoms with Crippen LogP contribution in [0.15, 0.2) is 49.3 Å². The van der Waals surface area contributed by atoms with Crippen LogP contribution in [0.1, 0.15) is 17.3 Å². The molecule has 0 aliphatic carbocycles. The smallest absolute Gasteiger partial charge is 0.263 e. The van der Waals surface area contributed by atoms with Gasteiger partial charge in [0, 0.05) is 11.6 Å². The van der Waals surface area contributed by atoms with Gasteiger partial charge in [-0.3, -0.25) is 9.59 Å². The minimum Gasteiger partial charge on any atom is -0.484 e. The molecule has 0 fully saturated rings. The first-order valence-electron chi connectivity index (χ1n) is 7.32. The van der Waals surface area contributed by atoms with E-state index in [1.807, 2.05) is 0 Å². The predicted molar refractivity (Wildman–Crippen MR) is 87.5 cm³/mol. The first-order chi connectivity index (χ1) is 12.1. The Kier molecular flexibility index (Phi) is 4.74. The number of carbonyl (C=O) groups is 2. The second kappa shape index (κ2) is 7.30. The van der Waals surface area contributed by atoms with Gasteiger partial charge in [-0.05, 0) is 31.2 Å². The van der Waals surface area contributed by atoms with Gasteiger partial charge in [0.2, 0.25) is 0 Å². The molecule has 0 aliphatic heterocycles. The van der Waals surface area contributed by atoms with Crippen molar-refractivity contribution >= 4 is 17.5 Å². The summed E-state index contributed by atoms with van der Waals surface area (Å²) in [7, 11) is 0. The van der Waals surface area contributed by atoms with Crippen LogP contribution in [0, 0.1) is 0 Å². The summed E-state index contributed by atoms with van der Waals surface area (Å²) in [6.07, 6.45) is 4.18. The lowest BCUT2D eigenvalue weighted by Gasteiger charge is -2.08. The Morgan fingerprint density at radius 1 is 1.16 bits per heavy atom. The van der Waals surface area contributed by atoms with Gasteiger partial charge in [0.25, 0.3) is 5.91 Å². The van der Waals surface area contributed by atoms with Gasteiger partial charge in [-0.15, -0.1) is 0 Å². The van der Waals surface area contributed by atoms with Gasteiger partial charge in [-0.1, -0.05) is 0 Å². The number of carbonyl (C=O) groups excluding carboxylic acids is 2. The molecule has 1 aromatic carbocycles. The highest BCUT2D eigenvalue weighted by Crippen LogP contribution is 2.13. The number of ether oxygens (including phenoxy) is 1. The zero-order chi connectivity index (χ0) is 17.6. The molecule has 25 heavy (non-hydrogen) atoms. The van der Waals surface area contributed by atoms with Crippen LogP contribution < -0.4 is 10.1 Å². The number of anilines is 1. The minimum absolute atomic E-state index is 0.0313. The molecule has 0 spiro atoms. The molecule has 0 saturated heterocycles. The largest absolute Gasteiger partial charge is 0.484 e. The summed E-state index contributed by atoms with van der Waals surface area (Å²) in [6.45, 7) is 1.29. The highest BCUT2D eigenvalue weighted by atomic mass is 16.5. The Hall–Kier alpha value is -3.62. The fourth-order valence-corrected chi connectivity index (χ4v) is 1.98. The molecule has 1 N–H and O–H groups in total. The van der Waals surface area contributed by atoms with Crippen molar-refractivity contribution in [2.45, 2.75) is 6.92 Å². The van der Waals surface area contributed by atoms with Crippen molar-refractivity contribution in [3.63, 3.8) is 0 Å². The average molecular weight is 338 g/mol. The summed E-state index contributed by atoms with van der Waals surface area (Å²) in [5.74, 6) is 0.880. The Morgan fingerprint density at radius 3 is 2.64 bits per heavy atom. The summed E-state index contributed by atoms with van der Waals surface area (Å²) in [5, 5.41) is 6.57. The lowest BCUT2D eigenvalue weighted by Crippen LogP contribution is -2.21. The summed E-state index contributed by atoms with van der Waals surface area (Å²) in [4.78, 5) is 35.0. The topological polar surface area (TPSA) is 112 Å². The second-order valence-electron chi connectivity index (χ2n) is 5.02. The van der Waals surface area contributed by atoms with Crippen molar-refractivity contribution in [2.24, 2.45) is 0 Å². The van der Waals surface area contributed by atoms with Crippen molar-refractivity contribution < 1.29 is 14.3 Å². The van der Waals surface area contributed by atoms with E-state index in [0.29, 0.717) is 22.9 Å². The van der Waals surface area contributed by atoms with Crippen LogP contribution in [0.3, 0.4) is 0 Å². The molecule has 0 aliphatic rings. The molecule has 0 bridgehead atoms. The van der Waals surface area contributed by atoms with E-state index < -0.39 is 0 Å². The lowest BCUT2D eigenvalue weighted by molar-refractivity contribution is -0.118. The number of hydrogen-bond acceptors (Lipinski definition) is 7. The Balaban J connectivity index is 1.57. The normalized spacial score (nSPS) is 10.3. The predicted octanol–water partition coefficient (Wildman–Crippen LogP) is 1.28. The van der Waals surface area contributed by atoms with Crippen molar-refractivity contribution in [1.29, 1.82) is 0 Å². The molecule has 0 atom stereocenters. The van der Waals surface area contributed by atoms with E-state index >= 15 is 0 Å². The molecule has 9 heteroatoms. The average Bonchev–Trinajstić information content (AvgIpc) is 3.15. The molecule has 0 saturated carbocycles. The van der Waals surface area contributed by atoms with Gasteiger partial charge >= 0.3 is 0 Å². The van der Waals surface area contributed by atoms with Gasteiger partial charge in [0.15, 0.2) is 18.2 Å². The molecule has 2 heterocycles. The first kappa shape index (κ1) is 16.2. The third-order valence-corrected chi connectivity index (χ3v) is 3.20. The molecule has 1 amide bonds. The van der Waals surface area contributed by atoms with Crippen LogP contribution in [-0.4, -0.2) is 43.0 Å². The number of rotatable bonds is 6. The highest BCUT2D eigenvalue weighted by molar-refractivity contribution is 5.94. The fourth-order valence-electron chi connectivity index (χ4n) is 1.98. The standard InChI is InChI=1S/C16H14N6O3/c1-11(23)12-2-4-13(5-3-12)25-7-16(24)21-14-6-15(19-9-18-14)22-10-17-8-20-22/h2-6,8-10H,7H2,1H3,(H,18,19,21,24). The number of nitrogens with zero attached hydrogens (tertiary/aromatic N) is 5. The Bertz CT molecular complexity index is 877. The summed E-state index contributed by atoms with van der Waals surface area (Å²) < 4.78 is 6.83. The van der Waals surface area contributed by atoms with Crippen LogP contribution in [0.5, 0.6) is 5.75 Å². The van der Waals surface area contributed by atoms with Gasteiger partial charge < -0.3 is 10.1 Å². The van der Waals surface area contributed by atoms with E-state index in [-0.39, 0.29) is 18.3 Å². The van der Waals surface area contributed by atoms with Crippen LogP contribution >= 0.6 is 0 Å². The number of Topliss-reactive ketones (excluding diaryl/α,β-unsaturated/α-hetero) is 1. The van der Waals surface area contributed by atoms with Gasteiger partial charge in [0.05, 0.1) is 0 Å². The SMILES string of the molecule is CC(=O)c1ccc(OCC(=O)Nc2cc(-n3cncn3)ncn2)cc1. The molecule has 9 nitrogen and oxygen atoms in total. The van der Waals surface area contributed by atoms with E-state index in [1.54, 1.807) is 30.3 Å². The summed E-state index contributed by atoms with van der Waals surface area (Å²) >= 11 is 0. The Labute approximate surface area is 142 Å². The van der Waals surface area contributed by atoms with Crippen LogP contribution in [0.4, 0.5) is 5.82 Å². The number of benzene rings is 1. The van der Waals surface area contributed by atoms with Gasteiger partial charge in [-0.2, -0.15) is 5.10 Å². The third kappa shape index (κ3) is 4.22. The lowest BCUT2D eigenvalue weighted by atomic mass is 10.1. The van der Waals surface area contributed by atoms with Crippen LogP contribution in [-0.2, 0) is 4.79 Å². The molecular formula is C16H14N6O3. The van der Waals surface area contributed by atoms with E-state index in [4.69, 9.17) is 4.74 Å². The number of ketones is 1. The fraction of sp³-hybridized carbons (Fsp3) is 0.125. The maximum absolute atomic E-state index is 12.0. The first-order valence-corrected chi connectivity index (χ1v) is 7.32. The molecule has 0 radical (unpaired) electrons. The monoisotopic (exact) mass is 338 g/mol. The number of aromatic nitrogens is 5. The van der Waals surface area contributed by atoms with Crippen LogP contribution in [0.2, 0.25) is 0 Å². The second-order valence-corrected chi connectivity index (χ2v) is 5.02. The van der Waals surface area contributed by atoms with E-state index in [2.05, 4.69) is 25.4 Å². The van der Waals surface area contributed by atoms with Crippen molar-refractivity contribution in [3.05, 3.63) is 54.9 Å². The molecule has 3 aromatic rings. The zero-order valence-corrected chi connectivity index (χ0v) is 13.3. The van der Waals surface area contributed by atoms with Gasteiger partial charge in [0.1, 0.15) is 30.5 Å². The summed E-state index contributed by atoms with van der Waals surface area (Å²) in [6, 6.07) is 8.12. The highest BCUT2D eigenvalue weighted by Gasteiger charge is 2.07. The number of hydrogen-bond donors (Lipinski definition) is 1. The van der Waals surface area contributed by atoms with E-state index in [9.17, 15) is 9.59 Å². The van der Waals surface area contributed by atoms with Crippen molar-refractivity contribution in [2.75, 3.05) is 11.9 Å². The van der Waals surface area contributed by atoms with Crippen molar-refractivity contribution in [1.82, 2.24) is 24.7 Å². The molecular weight excluding hydrogens is 324 g/mol. The molecule has 3 rings (SSSR count). The van der Waals surface area contributed by atoms with Gasteiger partial charge in [-0.25, -0.2) is 19.6 Å².